The summed E-state index contributed by atoms with van der Waals surface area (Å²) >= 11 is 1.94. The van der Waals surface area contributed by atoms with Gasteiger partial charge in [-0.3, -0.25) is 0 Å². The molecule has 0 rings (SSSR count). The number of hydrogen-bond donors (Lipinski definition) is 2. The van der Waals surface area contributed by atoms with E-state index >= 15 is 0 Å². The second kappa shape index (κ2) is 4.56. The van der Waals surface area contributed by atoms with Crippen molar-refractivity contribution in [2.24, 2.45) is 5.73 Å². The van der Waals surface area contributed by atoms with E-state index < -0.39 is 0 Å². The van der Waals surface area contributed by atoms with Crippen LogP contribution in [-0.4, -0.2) is 9.74 Å². The molecule has 0 atom stereocenters. The highest BCUT2D eigenvalue weighted by Gasteiger charge is 1.95. The SMILES string of the molecule is CC(C)(C)N.OBr. The zero-order valence-electron chi connectivity index (χ0n) is 4.90. The van der Waals surface area contributed by atoms with E-state index in [2.05, 4.69) is 0 Å². The fraction of sp³-hybridized carbons (Fsp3) is 1.00. The van der Waals surface area contributed by atoms with E-state index in [1.165, 1.54) is 0 Å². The molecule has 0 aliphatic heterocycles. The average Bonchev–Trinajstić information content (AvgIpc) is 1.36. The third-order valence-electron chi connectivity index (χ3n) is 0. The van der Waals surface area contributed by atoms with Crippen molar-refractivity contribution in [3.05, 3.63) is 0 Å². The summed E-state index contributed by atoms with van der Waals surface area (Å²) < 4.78 is 6.81. The molecule has 2 nitrogen and oxygen atoms in total. The Kier molecular flexibility index (Phi) is 6.77. The minimum atomic E-state index is 0. The molecular formula is C4H12BrNO. The standard InChI is InChI=1S/C4H11N.BrHO/c1-4(2,3)5;1-2/h5H2,1-3H3;2H. The van der Waals surface area contributed by atoms with Gasteiger partial charge in [0.1, 0.15) is 0 Å². The van der Waals surface area contributed by atoms with Gasteiger partial charge in [-0.2, -0.15) is 0 Å². The summed E-state index contributed by atoms with van der Waals surface area (Å²) in [6.07, 6.45) is 0. The van der Waals surface area contributed by atoms with Crippen LogP contribution >= 0.6 is 16.3 Å². The van der Waals surface area contributed by atoms with E-state index in [9.17, 15) is 0 Å². The fourth-order valence-corrected chi connectivity index (χ4v) is 0. The fourth-order valence-electron chi connectivity index (χ4n) is 0. The maximum absolute atomic E-state index is 6.81. The molecule has 0 unspecified atom stereocenters. The highest BCUT2D eigenvalue weighted by molar-refractivity contribution is 9.05. The van der Waals surface area contributed by atoms with Crippen LogP contribution in [0.2, 0.25) is 0 Å². The zero-order chi connectivity index (χ0) is 6.50. The van der Waals surface area contributed by atoms with Crippen LogP contribution in [0, 0.1) is 0 Å². The van der Waals surface area contributed by atoms with Gasteiger partial charge >= 0.3 is 0 Å². The van der Waals surface area contributed by atoms with Gasteiger partial charge < -0.3 is 9.93 Å². The van der Waals surface area contributed by atoms with Crippen LogP contribution in [0.25, 0.3) is 0 Å². The summed E-state index contributed by atoms with van der Waals surface area (Å²) in [6, 6.07) is 0. The molecule has 0 radical (unpaired) electrons. The highest BCUT2D eigenvalue weighted by atomic mass is 79.9. The lowest BCUT2D eigenvalue weighted by atomic mass is 10.1. The van der Waals surface area contributed by atoms with Gasteiger partial charge in [0.15, 0.2) is 0 Å². The van der Waals surface area contributed by atoms with Crippen LogP contribution in [-0.2, 0) is 0 Å². The van der Waals surface area contributed by atoms with E-state index in [1.54, 1.807) is 0 Å². The molecule has 0 aliphatic rings. The van der Waals surface area contributed by atoms with Gasteiger partial charge in [0.05, 0.1) is 16.3 Å². The Hall–Kier alpha value is 0.400. The third kappa shape index (κ3) is 774. The Balaban J connectivity index is 0. The monoisotopic (exact) mass is 169 g/mol. The first kappa shape index (κ1) is 10.4. The predicted octanol–water partition coefficient (Wildman–Crippen LogP) is 1.03. The smallest absolute Gasteiger partial charge is 0.0957 e. The molecule has 46 valence electrons. The average molecular weight is 170 g/mol. The third-order valence-corrected chi connectivity index (χ3v) is 0. The Bertz CT molecular complexity index is 27.2. The molecule has 0 fully saturated rings. The van der Waals surface area contributed by atoms with Crippen molar-refractivity contribution < 1.29 is 4.20 Å². The molecule has 0 aromatic carbocycles. The highest BCUT2D eigenvalue weighted by Crippen LogP contribution is 1.88. The lowest BCUT2D eigenvalue weighted by molar-refractivity contribution is 0.580. The Morgan fingerprint density at radius 3 is 1.29 bits per heavy atom. The predicted molar refractivity (Wildman–Crippen MR) is 35.1 cm³/mol. The second-order valence-electron chi connectivity index (χ2n) is 2.37. The molecule has 0 amide bonds. The summed E-state index contributed by atoms with van der Waals surface area (Å²) in [6.45, 7) is 5.90. The Morgan fingerprint density at radius 2 is 1.29 bits per heavy atom. The van der Waals surface area contributed by atoms with E-state index in [4.69, 9.17) is 9.93 Å². The van der Waals surface area contributed by atoms with E-state index in [-0.39, 0.29) is 5.54 Å². The Labute approximate surface area is 53.2 Å². The minimum Gasteiger partial charge on any atom is -0.326 e. The van der Waals surface area contributed by atoms with Crippen LogP contribution in [0.1, 0.15) is 20.8 Å². The molecule has 0 spiro atoms. The summed E-state index contributed by atoms with van der Waals surface area (Å²) in [7, 11) is 0. The first-order chi connectivity index (χ1) is 3.00. The van der Waals surface area contributed by atoms with E-state index in [0.717, 1.165) is 0 Å². The maximum Gasteiger partial charge on any atom is 0.0957 e. The van der Waals surface area contributed by atoms with Crippen molar-refractivity contribution in [1.82, 2.24) is 0 Å². The lowest BCUT2D eigenvalue weighted by Crippen LogP contribution is -2.26. The minimum absolute atomic E-state index is 0. The zero-order valence-corrected chi connectivity index (χ0v) is 6.49. The normalized spacial score (nSPS) is 9.43. The van der Waals surface area contributed by atoms with Crippen molar-refractivity contribution in [2.75, 3.05) is 0 Å². The van der Waals surface area contributed by atoms with Crippen LogP contribution in [0.15, 0.2) is 0 Å². The topological polar surface area (TPSA) is 46.2 Å². The molecule has 7 heavy (non-hydrogen) atoms. The number of hydrogen-bond acceptors (Lipinski definition) is 2. The maximum atomic E-state index is 6.81. The van der Waals surface area contributed by atoms with Gasteiger partial charge in [-0.05, 0) is 20.8 Å². The number of halogens is 1. The summed E-state index contributed by atoms with van der Waals surface area (Å²) in [5.41, 5.74) is 5.35. The molecule has 0 aliphatic carbocycles. The molecule has 3 heteroatoms. The molecule has 0 saturated carbocycles. The van der Waals surface area contributed by atoms with Crippen molar-refractivity contribution >= 4 is 16.3 Å². The lowest BCUT2D eigenvalue weighted by Gasteiger charge is -2.06. The van der Waals surface area contributed by atoms with Gasteiger partial charge in [-0.1, -0.05) is 0 Å². The van der Waals surface area contributed by atoms with Crippen LogP contribution in [0.3, 0.4) is 0 Å². The summed E-state index contributed by atoms with van der Waals surface area (Å²) in [4.78, 5) is 0. The largest absolute Gasteiger partial charge is 0.326 e. The van der Waals surface area contributed by atoms with Gasteiger partial charge in [0.2, 0.25) is 0 Å². The van der Waals surface area contributed by atoms with Crippen LogP contribution in [0.4, 0.5) is 0 Å². The quantitative estimate of drug-likeness (QED) is 0.570. The van der Waals surface area contributed by atoms with Crippen molar-refractivity contribution in [2.45, 2.75) is 26.3 Å². The first-order valence-electron chi connectivity index (χ1n) is 1.96. The molecule has 3 N–H and O–H groups in total. The second-order valence-corrected chi connectivity index (χ2v) is 2.37. The first-order valence-corrected chi connectivity index (χ1v) is 2.67. The van der Waals surface area contributed by atoms with Crippen molar-refractivity contribution in [1.29, 1.82) is 0 Å². The molecule has 0 saturated heterocycles. The van der Waals surface area contributed by atoms with Crippen molar-refractivity contribution in [3.8, 4) is 0 Å². The van der Waals surface area contributed by atoms with Crippen molar-refractivity contribution in [3.63, 3.8) is 0 Å². The molecule has 0 aromatic heterocycles. The van der Waals surface area contributed by atoms with E-state index in [0.29, 0.717) is 0 Å². The molecule has 0 heterocycles. The van der Waals surface area contributed by atoms with Gasteiger partial charge in [-0.15, -0.1) is 0 Å². The van der Waals surface area contributed by atoms with Gasteiger partial charge in [0, 0.05) is 5.54 Å². The summed E-state index contributed by atoms with van der Waals surface area (Å²) in [5, 5.41) is 0. The summed E-state index contributed by atoms with van der Waals surface area (Å²) in [5.74, 6) is 0. The van der Waals surface area contributed by atoms with E-state index in [1.807, 2.05) is 37.0 Å². The van der Waals surface area contributed by atoms with Crippen LogP contribution < -0.4 is 5.73 Å². The van der Waals surface area contributed by atoms with Crippen LogP contribution in [0.5, 0.6) is 0 Å². The number of nitrogens with two attached hydrogens (primary N) is 1. The Morgan fingerprint density at radius 1 is 1.29 bits per heavy atom. The molecule has 0 bridgehead atoms. The molecular weight excluding hydrogens is 158 g/mol. The van der Waals surface area contributed by atoms with Gasteiger partial charge in [0.25, 0.3) is 0 Å². The van der Waals surface area contributed by atoms with Gasteiger partial charge in [-0.25, -0.2) is 0 Å². The molecule has 0 aromatic rings. The number of rotatable bonds is 0.